The zero-order valence-electron chi connectivity index (χ0n) is 24.2. The first-order chi connectivity index (χ1) is 17.5. The van der Waals surface area contributed by atoms with E-state index in [-0.39, 0.29) is 10.8 Å². The molecule has 0 saturated heterocycles. The first-order valence-electron chi connectivity index (χ1n) is 13.9. The smallest absolute Gasteiger partial charge is 0.0400 e. The molecule has 4 unspecified atom stereocenters. The van der Waals surface area contributed by atoms with Crippen LogP contribution in [0.4, 0.5) is 0 Å². The van der Waals surface area contributed by atoms with E-state index in [1.165, 1.54) is 44.8 Å². The number of hydrogen-bond acceptors (Lipinski definition) is 2. The zero-order valence-corrected chi connectivity index (χ0v) is 24.2. The number of rotatable bonds is 8. The maximum Gasteiger partial charge on any atom is 0.0400 e. The highest BCUT2D eigenvalue weighted by atomic mass is 14.9. The van der Waals surface area contributed by atoms with Crippen LogP contribution in [0.1, 0.15) is 72.9 Å². The minimum Gasteiger partial charge on any atom is -0.381 e. The standard InChI is InChI=1S/C35H46N2/c1-24-19-34(7,28(5)26(3)32(24)36-21-30-15-11-9-12-16-30)23-35(8)20-25(2)33(27(4)29(35)6)37-22-31-17-13-10-14-18-31/h9-20,28-29,36-37H,21-23H2,1-8H3. The molecule has 2 nitrogen and oxygen atoms in total. The summed E-state index contributed by atoms with van der Waals surface area (Å²) in [6.07, 6.45) is 6.24. The Morgan fingerprint density at radius 1 is 0.595 bits per heavy atom. The van der Waals surface area contributed by atoms with E-state index in [2.05, 4.69) is 139 Å². The van der Waals surface area contributed by atoms with Gasteiger partial charge in [-0.05, 0) is 90.2 Å². The lowest BCUT2D eigenvalue weighted by Crippen LogP contribution is -2.40. The second-order valence-corrected chi connectivity index (χ2v) is 12.1. The fourth-order valence-electron chi connectivity index (χ4n) is 6.79. The Labute approximate surface area is 225 Å². The van der Waals surface area contributed by atoms with Crippen molar-refractivity contribution in [2.75, 3.05) is 0 Å². The minimum absolute atomic E-state index is 0.0983. The number of allylic oxidation sites excluding steroid dienone is 6. The maximum atomic E-state index is 3.76. The summed E-state index contributed by atoms with van der Waals surface area (Å²) in [5, 5.41) is 7.52. The summed E-state index contributed by atoms with van der Waals surface area (Å²) in [6, 6.07) is 21.4. The van der Waals surface area contributed by atoms with Gasteiger partial charge in [0, 0.05) is 24.5 Å². The second-order valence-electron chi connectivity index (χ2n) is 12.1. The summed E-state index contributed by atoms with van der Waals surface area (Å²) in [5.41, 5.74) is 11.2. The molecule has 0 aliphatic heterocycles. The number of hydrogen-bond donors (Lipinski definition) is 2. The Morgan fingerprint density at radius 3 is 1.30 bits per heavy atom. The van der Waals surface area contributed by atoms with Crippen molar-refractivity contribution < 1.29 is 0 Å². The molecule has 0 radical (unpaired) electrons. The van der Waals surface area contributed by atoms with E-state index in [0.29, 0.717) is 11.8 Å². The van der Waals surface area contributed by atoms with Crippen LogP contribution >= 0.6 is 0 Å². The molecule has 0 amide bonds. The minimum atomic E-state index is 0.0983. The van der Waals surface area contributed by atoms with E-state index in [1.54, 1.807) is 0 Å². The van der Waals surface area contributed by atoms with Crippen molar-refractivity contribution in [3.8, 4) is 0 Å². The van der Waals surface area contributed by atoms with Gasteiger partial charge in [0.1, 0.15) is 0 Å². The molecule has 2 N–H and O–H groups in total. The Bertz CT molecular complexity index is 1130. The number of nitrogens with one attached hydrogen (secondary N) is 2. The SMILES string of the molecule is CC1=CC(C)(CC2(C)C=C(C)C(NCc3ccccc3)=C(C)C2C)C(C)C(C)=C1NCc1ccccc1. The van der Waals surface area contributed by atoms with Gasteiger partial charge in [0.05, 0.1) is 0 Å². The predicted molar refractivity (Wildman–Crippen MR) is 159 cm³/mol. The van der Waals surface area contributed by atoms with E-state index >= 15 is 0 Å². The molecule has 0 bridgehead atoms. The molecule has 0 heterocycles. The van der Waals surface area contributed by atoms with E-state index in [1.807, 2.05) is 0 Å². The first-order valence-corrected chi connectivity index (χ1v) is 13.9. The van der Waals surface area contributed by atoms with Crippen molar-refractivity contribution in [2.24, 2.45) is 22.7 Å². The van der Waals surface area contributed by atoms with E-state index < -0.39 is 0 Å². The van der Waals surface area contributed by atoms with Crippen molar-refractivity contribution >= 4 is 0 Å². The molecule has 2 aromatic rings. The molecule has 0 spiro atoms. The van der Waals surface area contributed by atoms with Gasteiger partial charge in [-0.15, -0.1) is 0 Å². The lowest BCUT2D eigenvalue weighted by atomic mass is 9.57. The van der Waals surface area contributed by atoms with Crippen LogP contribution in [0.15, 0.2) is 107 Å². The van der Waals surface area contributed by atoms with Gasteiger partial charge in [-0.25, -0.2) is 0 Å². The van der Waals surface area contributed by atoms with Crippen LogP contribution in [-0.4, -0.2) is 0 Å². The monoisotopic (exact) mass is 494 g/mol. The molecule has 0 saturated carbocycles. The summed E-state index contributed by atoms with van der Waals surface area (Å²) >= 11 is 0. The predicted octanol–water partition coefficient (Wildman–Crippen LogP) is 8.71. The van der Waals surface area contributed by atoms with Crippen LogP contribution in [0.25, 0.3) is 0 Å². The third-order valence-corrected chi connectivity index (χ3v) is 9.33. The van der Waals surface area contributed by atoms with Crippen molar-refractivity contribution in [1.29, 1.82) is 0 Å². The lowest BCUT2D eigenvalue weighted by molar-refractivity contribution is 0.156. The Balaban J connectivity index is 1.52. The van der Waals surface area contributed by atoms with Crippen LogP contribution in [0, 0.1) is 22.7 Å². The third-order valence-electron chi connectivity index (χ3n) is 9.33. The summed E-state index contributed by atoms with van der Waals surface area (Å²) in [4.78, 5) is 0. The van der Waals surface area contributed by atoms with Crippen LogP contribution < -0.4 is 10.6 Å². The summed E-state index contributed by atoms with van der Waals surface area (Å²) < 4.78 is 0. The highest BCUT2D eigenvalue weighted by Crippen LogP contribution is 2.53. The van der Waals surface area contributed by atoms with Gasteiger partial charge < -0.3 is 10.6 Å². The molecule has 2 aliphatic rings. The molecule has 2 aromatic carbocycles. The molecule has 0 aromatic heterocycles. The van der Waals surface area contributed by atoms with Crippen molar-refractivity contribution in [3.63, 3.8) is 0 Å². The molecule has 2 heteroatoms. The molecule has 0 fully saturated rings. The highest BCUT2D eigenvalue weighted by Gasteiger charge is 2.44. The van der Waals surface area contributed by atoms with Gasteiger partial charge in [-0.2, -0.15) is 0 Å². The molecular formula is C35H46N2. The second kappa shape index (κ2) is 10.8. The maximum absolute atomic E-state index is 3.76. The molecule has 196 valence electrons. The highest BCUT2D eigenvalue weighted by molar-refractivity contribution is 5.43. The van der Waals surface area contributed by atoms with Crippen molar-refractivity contribution in [1.82, 2.24) is 10.6 Å². The van der Waals surface area contributed by atoms with Gasteiger partial charge in [0.25, 0.3) is 0 Å². The molecular weight excluding hydrogens is 448 g/mol. The largest absolute Gasteiger partial charge is 0.381 e. The van der Waals surface area contributed by atoms with Crippen molar-refractivity contribution in [3.05, 3.63) is 118 Å². The molecule has 37 heavy (non-hydrogen) atoms. The summed E-state index contributed by atoms with van der Waals surface area (Å²) in [7, 11) is 0. The van der Waals surface area contributed by atoms with Gasteiger partial charge in [0.15, 0.2) is 0 Å². The van der Waals surface area contributed by atoms with Crippen LogP contribution in [0.5, 0.6) is 0 Å². The van der Waals surface area contributed by atoms with Crippen molar-refractivity contribution in [2.45, 2.75) is 74.9 Å². The zero-order chi connectivity index (χ0) is 26.8. The fraction of sp³-hybridized carbons (Fsp3) is 0.429. The van der Waals surface area contributed by atoms with Crippen LogP contribution in [0.2, 0.25) is 0 Å². The van der Waals surface area contributed by atoms with Crippen LogP contribution in [0.3, 0.4) is 0 Å². The van der Waals surface area contributed by atoms with E-state index in [4.69, 9.17) is 0 Å². The third kappa shape index (κ3) is 5.64. The summed E-state index contributed by atoms with van der Waals surface area (Å²) in [5.74, 6) is 0.934. The average molecular weight is 495 g/mol. The van der Waals surface area contributed by atoms with Crippen LogP contribution in [-0.2, 0) is 13.1 Å². The Kier molecular flexibility index (Phi) is 7.88. The molecule has 4 atom stereocenters. The Hall–Kier alpha value is -3.00. The summed E-state index contributed by atoms with van der Waals surface area (Å²) in [6.45, 7) is 20.7. The average Bonchev–Trinajstić information content (AvgIpc) is 2.87. The van der Waals surface area contributed by atoms with Gasteiger partial charge >= 0.3 is 0 Å². The molecule has 2 aliphatic carbocycles. The van der Waals surface area contributed by atoms with Gasteiger partial charge in [-0.1, -0.05) is 101 Å². The Morgan fingerprint density at radius 2 is 0.946 bits per heavy atom. The molecule has 4 rings (SSSR count). The topological polar surface area (TPSA) is 24.1 Å². The normalized spacial score (nSPS) is 28.1. The first kappa shape index (κ1) is 27.0. The van der Waals surface area contributed by atoms with Gasteiger partial charge in [-0.3, -0.25) is 0 Å². The van der Waals surface area contributed by atoms with Gasteiger partial charge in [0.2, 0.25) is 0 Å². The van der Waals surface area contributed by atoms with E-state index in [9.17, 15) is 0 Å². The van der Waals surface area contributed by atoms with E-state index in [0.717, 1.165) is 19.5 Å². The quantitative estimate of drug-likeness (QED) is 0.383. The number of benzene rings is 2. The lowest BCUT2D eigenvalue weighted by Gasteiger charge is -2.48. The fourth-order valence-corrected chi connectivity index (χ4v) is 6.79.